The molecule has 3 N–H and O–H groups in total. The zero-order chi connectivity index (χ0) is 24.8. The molecule has 0 radical (unpaired) electrons. The minimum Gasteiger partial charge on any atom is -0.383 e. The second kappa shape index (κ2) is 11.1. The van der Waals surface area contributed by atoms with Crippen molar-refractivity contribution in [2.75, 3.05) is 23.7 Å². The van der Waals surface area contributed by atoms with Crippen LogP contribution >= 0.6 is 0 Å². The molecule has 35 heavy (non-hydrogen) atoms. The van der Waals surface area contributed by atoms with Gasteiger partial charge in [-0.1, -0.05) is 67.6 Å². The Kier molecular flexibility index (Phi) is 7.70. The maximum Gasteiger partial charge on any atom is 0.330 e. The lowest BCUT2D eigenvalue weighted by molar-refractivity contribution is -0.133. The third kappa shape index (κ3) is 5.65. The van der Waals surface area contributed by atoms with Crippen LogP contribution in [0.25, 0.3) is 0 Å². The maximum atomic E-state index is 13.5. The summed E-state index contributed by atoms with van der Waals surface area (Å²) in [5, 5.41) is 0. The minimum absolute atomic E-state index is 0.00220. The molecule has 8 nitrogen and oxygen atoms in total. The van der Waals surface area contributed by atoms with Gasteiger partial charge in [0.25, 0.3) is 5.56 Å². The molecule has 1 aromatic heterocycles. The number of aromatic nitrogens is 2. The van der Waals surface area contributed by atoms with Crippen LogP contribution in [-0.4, -0.2) is 39.5 Å². The van der Waals surface area contributed by atoms with Crippen molar-refractivity contribution >= 4 is 17.4 Å². The number of rotatable bonds is 8. The number of carbonyl (C=O) groups excluding carboxylic acids is 1. The molecule has 0 spiro atoms. The number of anilines is 2. The molecule has 184 valence electrons. The van der Waals surface area contributed by atoms with Gasteiger partial charge in [0.15, 0.2) is 0 Å². The minimum atomic E-state index is -0.591. The van der Waals surface area contributed by atoms with Gasteiger partial charge in [0.05, 0.1) is 13.1 Å². The second-order valence-corrected chi connectivity index (χ2v) is 9.05. The summed E-state index contributed by atoms with van der Waals surface area (Å²) in [7, 11) is 0. The number of H-pyrrole nitrogens is 1. The summed E-state index contributed by atoms with van der Waals surface area (Å²) in [5.41, 5.74) is 7.26. The summed E-state index contributed by atoms with van der Waals surface area (Å²) < 4.78 is 1.35. The van der Waals surface area contributed by atoms with E-state index in [4.69, 9.17) is 5.73 Å². The smallest absolute Gasteiger partial charge is 0.330 e. The lowest BCUT2D eigenvalue weighted by Crippen LogP contribution is -2.49. The van der Waals surface area contributed by atoms with Crippen LogP contribution in [0.3, 0.4) is 0 Å². The predicted molar refractivity (Wildman–Crippen MR) is 138 cm³/mol. The highest BCUT2D eigenvalue weighted by Gasteiger charge is 2.28. The van der Waals surface area contributed by atoms with Crippen LogP contribution in [0.5, 0.6) is 0 Å². The van der Waals surface area contributed by atoms with E-state index in [-0.39, 0.29) is 36.5 Å². The molecule has 4 rings (SSSR count). The lowest BCUT2D eigenvalue weighted by atomic mass is 10.00. The van der Waals surface area contributed by atoms with Gasteiger partial charge in [-0.25, -0.2) is 4.79 Å². The Morgan fingerprint density at radius 2 is 1.69 bits per heavy atom. The molecule has 2 aromatic carbocycles. The number of benzene rings is 2. The standard InChI is InChI=1S/C27H33N5O3/c1-2-22-15-9-10-16-31(22)23(33)19-30(17-20-11-5-3-6-12-20)24-25(28)32(27(35)29-26(24)34)18-21-13-7-4-8-14-21/h3-8,11-14,22H,2,9-10,15-19,28H2,1H3,(H,29,34,35). The Labute approximate surface area is 205 Å². The molecule has 1 aliphatic rings. The van der Waals surface area contributed by atoms with Crippen molar-refractivity contribution in [1.82, 2.24) is 14.5 Å². The topological polar surface area (TPSA) is 104 Å². The Balaban J connectivity index is 1.72. The molecule has 0 bridgehead atoms. The van der Waals surface area contributed by atoms with Gasteiger partial charge in [-0.05, 0) is 36.8 Å². The number of hydrogen-bond donors (Lipinski definition) is 2. The summed E-state index contributed by atoms with van der Waals surface area (Å²) in [6.07, 6.45) is 3.99. The number of carbonyl (C=O) groups is 1. The van der Waals surface area contributed by atoms with Gasteiger partial charge >= 0.3 is 5.69 Å². The molecule has 1 fully saturated rings. The summed E-state index contributed by atoms with van der Waals surface area (Å²) in [6.45, 7) is 3.35. The van der Waals surface area contributed by atoms with Crippen LogP contribution in [-0.2, 0) is 17.9 Å². The van der Waals surface area contributed by atoms with Gasteiger partial charge in [0, 0.05) is 19.1 Å². The highest BCUT2D eigenvalue weighted by atomic mass is 16.2. The van der Waals surface area contributed by atoms with Crippen molar-refractivity contribution in [1.29, 1.82) is 0 Å². The van der Waals surface area contributed by atoms with Crippen molar-refractivity contribution < 1.29 is 4.79 Å². The Morgan fingerprint density at radius 3 is 2.34 bits per heavy atom. The first-order valence-electron chi connectivity index (χ1n) is 12.2. The number of hydrogen-bond acceptors (Lipinski definition) is 5. The number of nitrogens with zero attached hydrogens (tertiary/aromatic N) is 3. The number of nitrogen functional groups attached to an aromatic ring is 1. The largest absolute Gasteiger partial charge is 0.383 e. The van der Waals surface area contributed by atoms with E-state index in [1.807, 2.05) is 65.6 Å². The quantitative estimate of drug-likeness (QED) is 0.521. The van der Waals surface area contributed by atoms with Crippen LogP contribution in [0.4, 0.5) is 11.5 Å². The number of piperidine rings is 1. The van der Waals surface area contributed by atoms with Crippen molar-refractivity contribution in [2.24, 2.45) is 0 Å². The Hall–Kier alpha value is -3.81. The third-order valence-electron chi connectivity index (χ3n) is 6.67. The van der Waals surface area contributed by atoms with E-state index in [0.717, 1.165) is 43.4 Å². The van der Waals surface area contributed by atoms with E-state index in [9.17, 15) is 14.4 Å². The molecule has 0 saturated carbocycles. The van der Waals surface area contributed by atoms with E-state index in [1.165, 1.54) is 4.57 Å². The van der Waals surface area contributed by atoms with Gasteiger partial charge < -0.3 is 15.5 Å². The van der Waals surface area contributed by atoms with Crippen LogP contribution in [0.2, 0.25) is 0 Å². The van der Waals surface area contributed by atoms with Crippen molar-refractivity contribution in [3.05, 3.63) is 92.6 Å². The van der Waals surface area contributed by atoms with Crippen molar-refractivity contribution in [2.45, 2.75) is 51.7 Å². The fraction of sp³-hybridized carbons (Fsp3) is 0.370. The third-order valence-corrected chi connectivity index (χ3v) is 6.67. The highest BCUT2D eigenvalue weighted by Crippen LogP contribution is 2.23. The zero-order valence-corrected chi connectivity index (χ0v) is 20.2. The first-order valence-corrected chi connectivity index (χ1v) is 12.2. The second-order valence-electron chi connectivity index (χ2n) is 9.05. The summed E-state index contributed by atoms with van der Waals surface area (Å²) in [5.74, 6) is 0.0177. The van der Waals surface area contributed by atoms with Crippen molar-refractivity contribution in [3.8, 4) is 0 Å². The van der Waals surface area contributed by atoms with Gasteiger partial charge in [-0.2, -0.15) is 0 Å². The number of aromatic amines is 1. The molecular formula is C27H33N5O3. The van der Waals surface area contributed by atoms with Gasteiger partial charge in [-0.3, -0.25) is 19.1 Å². The maximum absolute atomic E-state index is 13.5. The van der Waals surface area contributed by atoms with E-state index in [0.29, 0.717) is 6.54 Å². The van der Waals surface area contributed by atoms with Gasteiger partial charge in [-0.15, -0.1) is 0 Å². The van der Waals surface area contributed by atoms with Crippen LogP contribution in [0, 0.1) is 0 Å². The summed E-state index contributed by atoms with van der Waals surface area (Å²) in [6, 6.07) is 19.3. The molecule has 2 heterocycles. The van der Waals surface area contributed by atoms with E-state index in [1.54, 1.807) is 4.90 Å². The van der Waals surface area contributed by atoms with Crippen LogP contribution in [0.15, 0.2) is 70.3 Å². The number of amides is 1. The number of nitrogens with one attached hydrogen (secondary N) is 1. The molecule has 8 heteroatoms. The molecule has 0 aliphatic carbocycles. The molecule has 1 amide bonds. The highest BCUT2D eigenvalue weighted by molar-refractivity contribution is 5.83. The van der Waals surface area contributed by atoms with E-state index < -0.39 is 11.2 Å². The lowest BCUT2D eigenvalue weighted by Gasteiger charge is -2.37. The number of nitrogens with two attached hydrogens (primary N) is 1. The monoisotopic (exact) mass is 475 g/mol. The van der Waals surface area contributed by atoms with Crippen LogP contribution in [0.1, 0.15) is 43.7 Å². The van der Waals surface area contributed by atoms with E-state index >= 15 is 0 Å². The Bertz CT molecular complexity index is 1250. The molecule has 1 saturated heterocycles. The summed E-state index contributed by atoms with van der Waals surface area (Å²) >= 11 is 0. The molecule has 1 unspecified atom stereocenters. The first-order chi connectivity index (χ1) is 17.0. The number of likely N-dealkylation sites (tertiary alicyclic amines) is 1. The first kappa shape index (κ1) is 24.3. The van der Waals surface area contributed by atoms with Gasteiger partial charge in [0.1, 0.15) is 11.5 Å². The SMILES string of the molecule is CCC1CCCCN1C(=O)CN(Cc1ccccc1)c1c(N)n(Cc2ccccc2)c(=O)[nH]c1=O. The van der Waals surface area contributed by atoms with Crippen LogP contribution < -0.4 is 21.9 Å². The fourth-order valence-corrected chi connectivity index (χ4v) is 4.83. The fourth-order valence-electron chi connectivity index (χ4n) is 4.83. The van der Waals surface area contributed by atoms with Crippen molar-refractivity contribution in [3.63, 3.8) is 0 Å². The molecule has 1 aliphatic heterocycles. The zero-order valence-electron chi connectivity index (χ0n) is 20.2. The summed E-state index contributed by atoms with van der Waals surface area (Å²) in [4.78, 5) is 45.3. The van der Waals surface area contributed by atoms with Gasteiger partial charge in [0.2, 0.25) is 5.91 Å². The molecule has 3 aromatic rings. The average Bonchev–Trinajstić information content (AvgIpc) is 2.87. The normalized spacial score (nSPS) is 15.7. The van der Waals surface area contributed by atoms with E-state index in [2.05, 4.69) is 11.9 Å². The predicted octanol–water partition coefficient (Wildman–Crippen LogP) is 2.96. The average molecular weight is 476 g/mol. The Morgan fingerprint density at radius 1 is 1.03 bits per heavy atom. The molecule has 1 atom stereocenters. The molecular weight excluding hydrogens is 442 g/mol.